The minimum atomic E-state index is -0.000903. The van der Waals surface area contributed by atoms with E-state index in [9.17, 15) is 9.59 Å². The van der Waals surface area contributed by atoms with Crippen LogP contribution in [-0.2, 0) is 41.9 Å². The molecular formula is C35H34N4O2. The summed E-state index contributed by atoms with van der Waals surface area (Å²) in [5.41, 5.74) is 8.00. The average Bonchev–Trinajstić information content (AvgIpc) is 3.02. The van der Waals surface area contributed by atoms with Crippen LogP contribution in [0.5, 0.6) is 0 Å². The summed E-state index contributed by atoms with van der Waals surface area (Å²) >= 11 is 0. The molecule has 0 spiro atoms. The smallest absolute Gasteiger partial charge is 0.227 e. The zero-order valence-corrected chi connectivity index (χ0v) is 23.1. The lowest BCUT2D eigenvalue weighted by molar-refractivity contribution is -0.120. The van der Waals surface area contributed by atoms with Crippen molar-refractivity contribution in [3.05, 3.63) is 130 Å². The number of carbonyl (C=O) groups is 2. The lowest BCUT2D eigenvalue weighted by atomic mass is 9.99. The molecule has 2 amide bonds. The van der Waals surface area contributed by atoms with Gasteiger partial charge in [-0.3, -0.25) is 9.59 Å². The van der Waals surface area contributed by atoms with Gasteiger partial charge in [0, 0.05) is 37.4 Å². The first kappa shape index (κ1) is 27.7. The molecule has 5 rings (SSSR count). The predicted molar refractivity (Wildman–Crippen MR) is 162 cm³/mol. The number of amides is 2. The first-order valence-corrected chi connectivity index (χ1v) is 14.1. The summed E-state index contributed by atoms with van der Waals surface area (Å²) in [6, 6.07) is 33.7. The van der Waals surface area contributed by atoms with Crippen molar-refractivity contribution in [1.29, 1.82) is 5.26 Å². The molecule has 0 fully saturated rings. The zero-order chi connectivity index (χ0) is 28.4. The SMILES string of the molecule is N#Cc1ccc(CCC(=O)N2CCCc3cc(NCc4ccccc4CC(=O)NCc4ccccc4)ccc32)cc1. The summed E-state index contributed by atoms with van der Waals surface area (Å²) in [4.78, 5) is 27.7. The van der Waals surface area contributed by atoms with E-state index in [0.29, 0.717) is 37.9 Å². The first-order valence-electron chi connectivity index (χ1n) is 14.1. The first-order chi connectivity index (χ1) is 20.1. The Morgan fingerprint density at radius 2 is 1.59 bits per heavy atom. The molecule has 1 heterocycles. The summed E-state index contributed by atoms with van der Waals surface area (Å²) in [6.07, 6.45) is 3.28. The third-order valence-corrected chi connectivity index (χ3v) is 7.49. The van der Waals surface area contributed by atoms with E-state index >= 15 is 0 Å². The van der Waals surface area contributed by atoms with Gasteiger partial charge in [0.25, 0.3) is 0 Å². The van der Waals surface area contributed by atoms with Crippen molar-refractivity contribution in [3.63, 3.8) is 0 Å². The van der Waals surface area contributed by atoms with E-state index in [1.807, 2.05) is 77.7 Å². The molecule has 0 atom stereocenters. The molecule has 4 aromatic rings. The number of aryl methyl sites for hydroxylation is 2. The molecule has 2 N–H and O–H groups in total. The van der Waals surface area contributed by atoms with Crippen molar-refractivity contribution in [1.82, 2.24) is 5.32 Å². The quantitative estimate of drug-likeness (QED) is 0.260. The number of nitriles is 1. The van der Waals surface area contributed by atoms with Gasteiger partial charge in [-0.2, -0.15) is 5.26 Å². The molecule has 0 saturated carbocycles. The number of anilines is 2. The monoisotopic (exact) mass is 542 g/mol. The summed E-state index contributed by atoms with van der Waals surface area (Å²) in [7, 11) is 0. The molecule has 6 nitrogen and oxygen atoms in total. The minimum absolute atomic E-state index is 0.000903. The van der Waals surface area contributed by atoms with Crippen LogP contribution in [0.3, 0.4) is 0 Å². The van der Waals surface area contributed by atoms with Crippen molar-refractivity contribution < 1.29 is 9.59 Å². The molecule has 6 heteroatoms. The van der Waals surface area contributed by atoms with E-state index < -0.39 is 0 Å². The maximum Gasteiger partial charge on any atom is 0.227 e. The highest BCUT2D eigenvalue weighted by atomic mass is 16.2. The van der Waals surface area contributed by atoms with E-state index in [-0.39, 0.29) is 11.8 Å². The lowest BCUT2D eigenvalue weighted by Gasteiger charge is -2.30. The summed E-state index contributed by atoms with van der Waals surface area (Å²) in [5.74, 6) is 0.120. The Labute approximate surface area is 241 Å². The Balaban J connectivity index is 1.17. The lowest BCUT2D eigenvalue weighted by Crippen LogP contribution is -2.35. The van der Waals surface area contributed by atoms with Gasteiger partial charge in [-0.05, 0) is 77.4 Å². The highest BCUT2D eigenvalue weighted by Crippen LogP contribution is 2.31. The van der Waals surface area contributed by atoms with Crippen LogP contribution in [0, 0.1) is 11.3 Å². The third-order valence-electron chi connectivity index (χ3n) is 7.49. The highest BCUT2D eigenvalue weighted by molar-refractivity contribution is 5.95. The number of nitrogens with zero attached hydrogens (tertiary/aromatic N) is 2. The molecule has 0 saturated heterocycles. The number of hydrogen-bond donors (Lipinski definition) is 2. The Hall–Kier alpha value is -4.89. The molecule has 0 radical (unpaired) electrons. The Morgan fingerprint density at radius 1 is 0.829 bits per heavy atom. The molecule has 0 aliphatic carbocycles. The third kappa shape index (κ3) is 7.40. The topological polar surface area (TPSA) is 85.2 Å². The van der Waals surface area contributed by atoms with Crippen molar-refractivity contribution in [2.45, 2.75) is 45.2 Å². The fourth-order valence-electron chi connectivity index (χ4n) is 5.23. The second-order valence-electron chi connectivity index (χ2n) is 10.4. The molecule has 1 aliphatic rings. The van der Waals surface area contributed by atoms with Gasteiger partial charge in [-0.15, -0.1) is 0 Å². The normalized spacial score (nSPS) is 12.2. The van der Waals surface area contributed by atoms with E-state index in [2.05, 4.69) is 28.8 Å². The summed E-state index contributed by atoms with van der Waals surface area (Å²) in [6.45, 7) is 1.85. The number of rotatable bonds is 10. The van der Waals surface area contributed by atoms with E-state index in [1.165, 1.54) is 5.56 Å². The van der Waals surface area contributed by atoms with Crippen molar-refractivity contribution >= 4 is 23.2 Å². The zero-order valence-electron chi connectivity index (χ0n) is 23.1. The van der Waals surface area contributed by atoms with Gasteiger partial charge < -0.3 is 15.5 Å². The molecule has 1 aliphatic heterocycles. The van der Waals surface area contributed by atoms with Crippen molar-refractivity contribution in [2.75, 3.05) is 16.8 Å². The van der Waals surface area contributed by atoms with Crippen LogP contribution in [0.15, 0.2) is 97.1 Å². The Bertz CT molecular complexity index is 1540. The fourth-order valence-corrected chi connectivity index (χ4v) is 5.23. The van der Waals surface area contributed by atoms with Crippen LogP contribution in [0.1, 0.15) is 46.2 Å². The van der Waals surface area contributed by atoms with Crippen LogP contribution in [0.4, 0.5) is 11.4 Å². The number of hydrogen-bond acceptors (Lipinski definition) is 4. The van der Waals surface area contributed by atoms with Crippen LogP contribution in [-0.4, -0.2) is 18.4 Å². The van der Waals surface area contributed by atoms with E-state index in [4.69, 9.17) is 5.26 Å². The van der Waals surface area contributed by atoms with E-state index in [0.717, 1.165) is 53.0 Å². The Morgan fingerprint density at radius 3 is 2.37 bits per heavy atom. The number of nitrogens with one attached hydrogen (secondary N) is 2. The van der Waals surface area contributed by atoms with Crippen molar-refractivity contribution in [3.8, 4) is 6.07 Å². The largest absolute Gasteiger partial charge is 0.381 e. The van der Waals surface area contributed by atoms with Gasteiger partial charge in [0.05, 0.1) is 18.1 Å². The molecule has 0 unspecified atom stereocenters. The molecule has 206 valence electrons. The van der Waals surface area contributed by atoms with E-state index in [1.54, 1.807) is 12.1 Å². The van der Waals surface area contributed by atoms with Crippen LogP contribution in [0.25, 0.3) is 0 Å². The molecule has 0 bridgehead atoms. The highest BCUT2D eigenvalue weighted by Gasteiger charge is 2.22. The van der Waals surface area contributed by atoms with Gasteiger partial charge in [-0.1, -0.05) is 66.7 Å². The van der Waals surface area contributed by atoms with Gasteiger partial charge in [-0.25, -0.2) is 0 Å². The molecule has 41 heavy (non-hydrogen) atoms. The van der Waals surface area contributed by atoms with Gasteiger partial charge in [0.15, 0.2) is 0 Å². The molecule has 0 aromatic heterocycles. The second kappa shape index (κ2) is 13.5. The van der Waals surface area contributed by atoms with Crippen LogP contribution in [0.2, 0.25) is 0 Å². The summed E-state index contributed by atoms with van der Waals surface area (Å²) < 4.78 is 0. The number of fused-ring (bicyclic) bond motifs is 1. The number of carbonyl (C=O) groups excluding carboxylic acids is 2. The standard InChI is InChI=1S/C35H34N4O2/c36-23-27-14-12-26(13-15-27)16-19-35(41)39-20-6-11-30-21-32(17-18-33(30)39)37-25-31-10-5-4-9-29(31)22-34(40)38-24-28-7-2-1-3-8-28/h1-5,7-10,12-15,17-18,21,37H,6,11,16,19-20,22,24-25H2,(H,38,40). The minimum Gasteiger partial charge on any atom is -0.381 e. The van der Waals surface area contributed by atoms with Crippen molar-refractivity contribution in [2.24, 2.45) is 0 Å². The second-order valence-corrected chi connectivity index (χ2v) is 10.4. The Kier molecular flexibility index (Phi) is 9.08. The fraction of sp³-hybridized carbons (Fsp3) is 0.229. The summed E-state index contributed by atoms with van der Waals surface area (Å²) in [5, 5.41) is 15.5. The predicted octanol–water partition coefficient (Wildman–Crippen LogP) is 5.94. The van der Waals surface area contributed by atoms with Crippen LogP contribution < -0.4 is 15.5 Å². The maximum absolute atomic E-state index is 13.1. The van der Waals surface area contributed by atoms with Gasteiger partial charge >= 0.3 is 0 Å². The maximum atomic E-state index is 13.1. The molecule has 4 aromatic carbocycles. The van der Waals surface area contributed by atoms with Gasteiger partial charge in [0.1, 0.15) is 0 Å². The average molecular weight is 543 g/mol. The van der Waals surface area contributed by atoms with Gasteiger partial charge in [0.2, 0.25) is 11.8 Å². The van der Waals surface area contributed by atoms with Crippen LogP contribution >= 0.6 is 0 Å². The number of benzene rings is 4. The molecular weight excluding hydrogens is 508 g/mol.